The predicted molar refractivity (Wildman–Crippen MR) is 49.5 cm³/mol. The van der Waals surface area contributed by atoms with Crippen LogP contribution in [0.15, 0.2) is 0 Å². The third-order valence-electron chi connectivity index (χ3n) is 1.16. The summed E-state index contributed by atoms with van der Waals surface area (Å²) in [6, 6.07) is 0. The molecule has 0 fully saturated rings. The lowest BCUT2D eigenvalue weighted by molar-refractivity contribution is 0.674. The largest absolute Gasteiger partial charge is 0.123 e. The van der Waals surface area contributed by atoms with Crippen LogP contribution in [-0.2, 0) is 0 Å². The fourth-order valence-corrected chi connectivity index (χ4v) is 1.95. The van der Waals surface area contributed by atoms with Crippen molar-refractivity contribution in [2.75, 3.05) is 0 Å². The normalized spacial score (nSPS) is 20.1. The van der Waals surface area contributed by atoms with Crippen LogP contribution in [0.25, 0.3) is 0 Å². The van der Waals surface area contributed by atoms with Crippen molar-refractivity contribution >= 4 is 34.8 Å². The molecule has 0 N–H and O–H groups in total. The third kappa shape index (κ3) is 6.98. The van der Waals surface area contributed by atoms with E-state index in [9.17, 15) is 0 Å². The van der Waals surface area contributed by atoms with Gasteiger partial charge < -0.3 is 0 Å². The van der Waals surface area contributed by atoms with Crippen molar-refractivity contribution in [2.24, 2.45) is 0 Å². The molecular formula is C7H13Cl3. The molecule has 10 heavy (non-hydrogen) atoms. The maximum absolute atomic E-state index is 5.90. The second-order valence-electron chi connectivity index (χ2n) is 2.63. The maximum Gasteiger partial charge on any atom is 0.0363 e. The van der Waals surface area contributed by atoms with Gasteiger partial charge in [0.2, 0.25) is 0 Å². The van der Waals surface area contributed by atoms with E-state index in [0.29, 0.717) is 0 Å². The highest BCUT2D eigenvalue weighted by molar-refractivity contribution is 6.24. The zero-order chi connectivity index (χ0) is 8.15. The molecule has 0 saturated heterocycles. The van der Waals surface area contributed by atoms with Gasteiger partial charge in [-0.3, -0.25) is 0 Å². The van der Waals surface area contributed by atoms with Crippen LogP contribution < -0.4 is 0 Å². The average molecular weight is 204 g/mol. The monoisotopic (exact) mass is 202 g/mol. The molecule has 0 rings (SSSR count). The minimum Gasteiger partial charge on any atom is -0.123 e. The Morgan fingerprint density at radius 2 is 1.20 bits per heavy atom. The number of halogens is 3. The first-order valence-electron chi connectivity index (χ1n) is 3.44. The molecule has 0 heterocycles. The molecule has 3 heteroatoms. The molecule has 0 aromatic carbocycles. The van der Waals surface area contributed by atoms with Crippen LogP contribution in [0.5, 0.6) is 0 Å². The number of alkyl halides is 3. The first kappa shape index (κ1) is 10.9. The van der Waals surface area contributed by atoms with Gasteiger partial charge in [0.25, 0.3) is 0 Å². The SMILES string of the molecule is C[C@H](Cl)CC(Cl)C[C@@H](C)Cl. The lowest BCUT2D eigenvalue weighted by Gasteiger charge is -2.11. The summed E-state index contributed by atoms with van der Waals surface area (Å²) < 4.78 is 0. The van der Waals surface area contributed by atoms with E-state index in [1.165, 1.54) is 0 Å². The second kappa shape index (κ2) is 5.51. The molecule has 0 spiro atoms. The lowest BCUT2D eigenvalue weighted by atomic mass is 10.1. The standard InChI is InChI=1S/C7H13Cl3/c1-5(8)3-7(10)4-6(2)9/h5-7H,3-4H2,1-2H3/t5-,6+,7?. The van der Waals surface area contributed by atoms with E-state index in [1.807, 2.05) is 13.8 Å². The summed E-state index contributed by atoms with van der Waals surface area (Å²) in [4.78, 5) is 0. The van der Waals surface area contributed by atoms with E-state index in [4.69, 9.17) is 34.8 Å². The third-order valence-corrected chi connectivity index (χ3v) is 1.87. The van der Waals surface area contributed by atoms with Crippen molar-refractivity contribution < 1.29 is 0 Å². The molecule has 0 bridgehead atoms. The summed E-state index contributed by atoms with van der Waals surface area (Å²) in [6.45, 7) is 3.88. The zero-order valence-corrected chi connectivity index (χ0v) is 8.55. The van der Waals surface area contributed by atoms with Gasteiger partial charge in [-0.25, -0.2) is 0 Å². The van der Waals surface area contributed by atoms with E-state index in [0.717, 1.165) is 12.8 Å². The first-order valence-corrected chi connectivity index (χ1v) is 4.75. The van der Waals surface area contributed by atoms with Crippen LogP contribution in [0.2, 0.25) is 0 Å². The highest BCUT2D eigenvalue weighted by atomic mass is 35.5. The molecule has 0 aromatic heterocycles. The number of hydrogen-bond acceptors (Lipinski definition) is 0. The fraction of sp³-hybridized carbons (Fsp3) is 1.00. The van der Waals surface area contributed by atoms with Crippen molar-refractivity contribution in [1.29, 1.82) is 0 Å². The van der Waals surface area contributed by atoms with Crippen molar-refractivity contribution in [3.05, 3.63) is 0 Å². The van der Waals surface area contributed by atoms with Gasteiger partial charge in [0.05, 0.1) is 0 Å². The molecule has 0 aromatic rings. The molecule has 0 aliphatic carbocycles. The Hall–Kier alpha value is 0.870. The van der Waals surface area contributed by atoms with E-state index in [-0.39, 0.29) is 16.1 Å². The number of rotatable bonds is 4. The molecule has 62 valence electrons. The Labute approximate surface area is 77.8 Å². The van der Waals surface area contributed by atoms with Crippen LogP contribution in [0.3, 0.4) is 0 Å². The number of hydrogen-bond donors (Lipinski definition) is 0. The van der Waals surface area contributed by atoms with E-state index >= 15 is 0 Å². The van der Waals surface area contributed by atoms with Crippen molar-refractivity contribution in [2.45, 2.75) is 42.8 Å². The van der Waals surface area contributed by atoms with Gasteiger partial charge in [-0.2, -0.15) is 0 Å². The Kier molecular flexibility index (Phi) is 5.99. The van der Waals surface area contributed by atoms with Gasteiger partial charge in [-0.05, 0) is 26.7 Å². The van der Waals surface area contributed by atoms with Crippen LogP contribution in [-0.4, -0.2) is 16.1 Å². The van der Waals surface area contributed by atoms with Crippen LogP contribution in [0, 0.1) is 0 Å². The summed E-state index contributed by atoms with van der Waals surface area (Å²) in [7, 11) is 0. The minimum atomic E-state index is 0.125. The molecule has 1 unspecified atom stereocenters. The Bertz CT molecular complexity index is 70.9. The summed E-state index contributed by atoms with van der Waals surface area (Å²) >= 11 is 17.4. The van der Waals surface area contributed by atoms with Crippen LogP contribution >= 0.6 is 34.8 Å². The van der Waals surface area contributed by atoms with Crippen LogP contribution in [0.4, 0.5) is 0 Å². The van der Waals surface area contributed by atoms with Crippen molar-refractivity contribution in [3.63, 3.8) is 0 Å². The van der Waals surface area contributed by atoms with Crippen molar-refractivity contribution in [3.8, 4) is 0 Å². The molecule has 0 aliphatic rings. The molecule has 0 aliphatic heterocycles. The molecule has 0 nitrogen and oxygen atoms in total. The van der Waals surface area contributed by atoms with Gasteiger partial charge in [0, 0.05) is 16.1 Å². The minimum absolute atomic E-state index is 0.125. The topological polar surface area (TPSA) is 0 Å². The van der Waals surface area contributed by atoms with E-state index in [2.05, 4.69) is 0 Å². The quantitative estimate of drug-likeness (QED) is 0.612. The van der Waals surface area contributed by atoms with E-state index < -0.39 is 0 Å². The fourth-order valence-electron chi connectivity index (χ4n) is 0.801. The Morgan fingerprint density at radius 3 is 1.40 bits per heavy atom. The van der Waals surface area contributed by atoms with Crippen molar-refractivity contribution in [1.82, 2.24) is 0 Å². The second-order valence-corrected chi connectivity index (χ2v) is 4.74. The van der Waals surface area contributed by atoms with Gasteiger partial charge in [-0.15, -0.1) is 34.8 Å². The summed E-state index contributed by atoms with van der Waals surface area (Å²) in [5, 5.41) is 0.427. The van der Waals surface area contributed by atoms with Gasteiger partial charge >= 0.3 is 0 Å². The molecule has 0 amide bonds. The summed E-state index contributed by atoms with van der Waals surface area (Å²) in [5.41, 5.74) is 0. The summed E-state index contributed by atoms with van der Waals surface area (Å²) in [5.74, 6) is 0. The van der Waals surface area contributed by atoms with Crippen LogP contribution in [0.1, 0.15) is 26.7 Å². The molecule has 3 atom stereocenters. The van der Waals surface area contributed by atoms with E-state index in [1.54, 1.807) is 0 Å². The zero-order valence-electron chi connectivity index (χ0n) is 6.28. The summed E-state index contributed by atoms with van der Waals surface area (Å²) in [6.07, 6.45) is 1.67. The highest BCUT2D eigenvalue weighted by Crippen LogP contribution is 2.17. The predicted octanol–water partition coefficient (Wildman–Crippen LogP) is 3.63. The lowest BCUT2D eigenvalue weighted by Crippen LogP contribution is -2.09. The first-order chi connectivity index (χ1) is 4.52. The average Bonchev–Trinajstić information content (AvgIpc) is 1.58. The molecular weight excluding hydrogens is 190 g/mol. The molecule has 0 saturated carbocycles. The van der Waals surface area contributed by atoms with Gasteiger partial charge in [0.15, 0.2) is 0 Å². The smallest absolute Gasteiger partial charge is 0.0363 e. The molecule has 0 radical (unpaired) electrons. The Morgan fingerprint density at radius 1 is 0.900 bits per heavy atom. The van der Waals surface area contributed by atoms with Gasteiger partial charge in [0.1, 0.15) is 0 Å². The Balaban J connectivity index is 3.34. The highest BCUT2D eigenvalue weighted by Gasteiger charge is 2.10. The van der Waals surface area contributed by atoms with Gasteiger partial charge in [-0.1, -0.05) is 0 Å². The maximum atomic E-state index is 5.90.